The molecule has 0 amide bonds. The number of ketones is 1. The van der Waals surface area contributed by atoms with E-state index in [1.807, 2.05) is 25.2 Å². The predicted octanol–water partition coefficient (Wildman–Crippen LogP) is 4.31. The van der Waals surface area contributed by atoms with Crippen molar-refractivity contribution in [2.24, 2.45) is 7.05 Å². The first-order chi connectivity index (χ1) is 10.6. The van der Waals surface area contributed by atoms with Crippen LogP contribution in [-0.2, 0) is 19.9 Å². The van der Waals surface area contributed by atoms with Crippen molar-refractivity contribution in [2.75, 3.05) is 0 Å². The van der Waals surface area contributed by atoms with E-state index in [-0.39, 0.29) is 11.6 Å². The molecule has 0 saturated heterocycles. The summed E-state index contributed by atoms with van der Waals surface area (Å²) >= 11 is 0. The van der Waals surface area contributed by atoms with Gasteiger partial charge >= 0.3 is 0 Å². The van der Waals surface area contributed by atoms with Crippen molar-refractivity contribution in [1.82, 2.24) is 4.57 Å². The summed E-state index contributed by atoms with van der Waals surface area (Å²) in [7, 11) is 2.04. The first-order valence-corrected chi connectivity index (χ1v) is 7.44. The Hall–Kier alpha value is -2.42. The Morgan fingerprint density at radius 2 is 1.82 bits per heavy atom. The van der Waals surface area contributed by atoms with Gasteiger partial charge in [-0.2, -0.15) is 0 Å². The number of aromatic nitrogens is 1. The molecular formula is C19H18FNO. The maximum absolute atomic E-state index is 12.9. The van der Waals surface area contributed by atoms with Gasteiger partial charge in [0.1, 0.15) is 5.82 Å². The molecule has 3 rings (SSSR count). The molecule has 0 saturated carbocycles. The maximum atomic E-state index is 12.9. The molecule has 0 radical (unpaired) electrons. The summed E-state index contributed by atoms with van der Waals surface area (Å²) in [5.74, 6) is -0.232. The lowest BCUT2D eigenvalue weighted by Crippen LogP contribution is -2.03. The third-order valence-corrected chi connectivity index (χ3v) is 4.10. The fraction of sp³-hybridized carbons (Fsp3) is 0.211. The number of carbonyl (C=O) groups excluding carboxylic acids is 1. The van der Waals surface area contributed by atoms with Gasteiger partial charge in [-0.3, -0.25) is 4.79 Å². The molecule has 0 bridgehead atoms. The van der Waals surface area contributed by atoms with Crippen LogP contribution in [0.3, 0.4) is 0 Å². The van der Waals surface area contributed by atoms with E-state index in [4.69, 9.17) is 0 Å². The number of hydrogen-bond acceptors (Lipinski definition) is 1. The molecule has 2 nitrogen and oxygen atoms in total. The quantitative estimate of drug-likeness (QED) is 0.658. The number of rotatable bonds is 4. The summed E-state index contributed by atoms with van der Waals surface area (Å²) in [6, 6.07) is 14.0. The Bertz CT molecular complexity index is 831. The van der Waals surface area contributed by atoms with Crippen LogP contribution < -0.4 is 0 Å². The Balaban J connectivity index is 1.89. The highest BCUT2D eigenvalue weighted by Gasteiger charge is 2.10. The highest BCUT2D eigenvalue weighted by atomic mass is 19.1. The zero-order valence-corrected chi connectivity index (χ0v) is 12.8. The third-order valence-electron chi connectivity index (χ3n) is 4.10. The van der Waals surface area contributed by atoms with Gasteiger partial charge in [0.15, 0.2) is 5.78 Å². The van der Waals surface area contributed by atoms with Gasteiger partial charge in [-0.05, 0) is 48.4 Å². The summed E-state index contributed by atoms with van der Waals surface area (Å²) < 4.78 is 15.1. The molecule has 112 valence electrons. The average molecular weight is 295 g/mol. The van der Waals surface area contributed by atoms with E-state index in [2.05, 4.69) is 17.6 Å². The summed E-state index contributed by atoms with van der Waals surface area (Å²) in [6.07, 6.45) is 1.25. The Morgan fingerprint density at radius 1 is 1.09 bits per heavy atom. The molecule has 0 unspecified atom stereocenters. The van der Waals surface area contributed by atoms with E-state index in [0.717, 1.165) is 22.9 Å². The minimum Gasteiger partial charge on any atom is -0.348 e. The number of nitrogens with zero attached hydrogens (tertiary/aromatic N) is 1. The van der Waals surface area contributed by atoms with Gasteiger partial charge in [0.25, 0.3) is 0 Å². The molecule has 2 aromatic carbocycles. The Kier molecular flexibility index (Phi) is 3.80. The average Bonchev–Trinajstić information content (AvgIpc) is 2.85. The second-order valence-electron chi connectivity index (χ2n) is 5.55. The predicted molar refractivity (Wildman–Crippen MR) is 86.7 cm³/mol. The number of aryl methyl sites for hydroxylation is 2. The summed E-state index contributed by atoms with van der Waals surface area (Å²) in [5, 5.41) is 1.09. The van der Waals surface area contributed by atoms with E-state index < -0.39 is 0 Å². The zero-order chi connectivity index (χ0) is 15.7. The second kappa shape index (κ2) is 5.76. The molecule has 3 heteroatoms. The van der Waals surface area contributed by atoms with Crippen molar-refractivity contribution in [3.05, 3.63) is 71.2 Å². The number of fused-ring (bicyclic) bond motifs is 1. The summed E-state index contributed by atoms with van der Waals surface area (Å²) in [6.45, 7) is 2.12. The maximum Gasteiger partial charge on any atom is 0.167 e. The number of benzene rings is 2. The van der Waals surface area contributed by atoms with Crippen LogP contribution in [0, 0.1) is 5.82 Å². The van der Waals surface area contributed by atoms with Crippen molar-refractivity contribution >= 4 is 16.7 Å². The van der Waals surface area contributed by atoms with Crippen molar-refractivity contribution < 1.29 is 9.18 Å². The molecule has 1 heterocycles. The minimum absolute atomic E-state index is 0.0513. The van der Waals surface area contributed by atoms with Gasteiger partial charge in [0, 0.05) is 35.6 Å². The van der Waals surface area contributed by atoms with Gasteiger partial charge in [0.05, 0.1) is 0 Å². The van der Waals surface area contributed by atoms with Crippen LogP contribution in [0.4, 0.5) is 4.39 Å². The van der Waals surface area contributed by atoms with Crippen LogP contribution >= 0.6 is 0 Å². The van der Waals surface area contributed by atoms with Gasteiger partial charge in [-0.15, -0.1) is 0 Å². The zero-order valence-electron chi connectivity index (χ0n) is 12.8. The van der Waals surface area contributed by atoms with Crippen LogP contribution in [0.5, 0.6) is 0 Å². The summed E-state index contributed by atoms with van der Waals surface area (Å²) in [4.78, 5) is 12.4. The molecule has 0 atom stereocenters. The summed E-state index contributed by atoms with van der Waals surface area (Å²) in [5.41, 5.74) is 3.91. The van der Waals surface area contributed by atoms with Crippen molar-refractivity contribution in [3.63, 3.8) is 0 Å². The van der Waals surface area contributed by atoms with Gasteiger partial charge < -0.3 is 4.57 Å². The smallest absolute Gasteiger partial charge is 0.167 e. The molecule has 0 aliphatic carbocycles. The van der Waals surface area contributed by atoms with Crippen LogP contribution in [0.1, 0.15) is 28.5 Å². The van der Waals surface area contributed by atoms with Crippen LogP contribution in [0.2, 0.25) is 0 Å². The molecule has 0 N–H and O–H groups in total. The minimum atomic E-state index is -0.283. The van der Waals surface area contributed by atoms with Gasteiger partial charge in [0.2, 0.25) is 0 Å². The van der Waals surface area contributed by atoms with Gasteiger partial charge in [-0.1, -0.05) is 19.1 Å². The van der Waals surface area contributed by atoms with Crippen LogP contribution in [-0.4, -0.2) is 10.4 Å². The highest BCUT2D eigenvalue weighted by molar-refractivity contribution is 6.00. The Labute approximate surface area is 129 Å². The molecule has 22 heavy (non-hydrogen) atoms. The second-order valence-corrected chi connectivity index (χ2v) is 5.55. The molecular weight excluding hydrogens is 277 g/mol. The monoisotopic (exact) mass is 295 g/mol. The fourth-order valence-corrected chi connectivity index (χ4v) is 2.81. The number of Topliss-reactive ketones (excluding diaryl/α,β-unsaturated/α-hetero) is 1. The largest absolute Gasteiger partial charge is 0.348 e. The molecule has 3 aromatic rings. The first kappa shape index (κ1) is 14.5. The molecule has 0 fully saturated rings. The number of carbonyl (C=O) groups is 1. The van der Waals surface area contributed by atoms with E-state index in [1.165, 1.54) is 17.8 Å². The van der Waals surface area contributed by atoms with Crippen molar-refractivity contribution in [3.8, 4) is 0 Å². The highest BCUT2D eigenvalue weighted by Crippen LogP contribution is 2.21. The van der Waals surface area contributed by atoms with Gasteiger partial charge in [-0.25, -0.2) is 4.39 Å². The van der Waals surface area contributed by atoms with Crippen LogP contribution in [0.15, 0.2) is 48.5 Å². The topological polar surface area (TPSA) is 22.0 Å². The van der Waals surface area contributed by atoms with Crippen LogP contribution in [0.25, 0.3) is 10.9 Å². The molecule has 0 spiro atoms. The lowest BCUT2D eigenvalue weighted by atomic mass is 10.0. The SMILES string of the molecule is CCc1cc2cc(C(=O)Cc3ccc(F)cc3)ccc2n1C. The van der Waals surface area contributed by atoms with Crippen molar-refractivity contribution in [1.29, 1.82) is 0 Å². The van der Waals surface area contributed by atoms with E-state index in [1.54, 1.807) is 12.1 Å². The lowest BCUT2D eigenvalue weighted by molar-refractivity contribution is 0.0993. The number of hydrogen-bond donors (Lipinski definition) is 0. The third kappa shape index (κ3) is 2.67. The molecule has 1 aromatic heterocycles. The lowest BCUT2D eigenvalue weighted by Gasteiger charge is -2.04. The first-order valence-electron chi connectivity index (χ1n) is 7.44. The van der Waals surface area contributed by atoms with Crippen molar-refractivity contribution in [2.45, 2.75) is 19.8 Å². The van der Waals surface area contributed by atoms with E-state index in [0.29, 0.717) is 12.0 Å². The van der Waals surface area contributed by atoms with E-state index >= 15 is 0 Å². The molecule has 0 aliphatic rings. The normalized spacial score (nSPS) is 11.0. The number of halogens is 1. The molecule has 0 aliphatic heterocycles. The standard InChI is InChI=1S/C19H18FNO/c1-3-17-12-15-11-14(6-9-18(15)21(17)2)19(22)10-13-4-7-16(20)8-5-13/h4-9,11-12H,3,10H2,1-2H3. The fourth-order valence-electron chi connectivity index (χ4n) is 2.81. The van der Waals surface area contributed by atoms with E-state index in [9.17, 15) is 9.18 Å². The Morgan fingerprint density at radius 3 is 2.50 bits per heavy atom.